The maximum Gasteiger partial charge on any atom is 0.312 e. The third-order valence-electron chi connectivity index (χ3n) is 36.2. The van der Waals surface area contributed by atoms with Gasteiger partial charge in [0.2, 0.25) is 0 Å². The van der Waals surface area contributed by atoms with Crippen molar-refractivity contribution in [1.82, 2.24) is 0 Å². The normalized spacial score (nSPS) is 37.7. The first kappa shape index (κ1) is 94.0. The summed E-state index contributed by atoms with van der Waals surface area (Å²) in [5.41, 5.74) is -2.97. The predicted molar refractivity (Wildman–Crippen MR) is 448 cm³/mol. The van der Waals surface area contributed by atoms with Gasteiger partial charge in [0.25, 0.3) is 0 Å². The predicted octanol–water partition coefficient (Wildman–Crippen LogP) is 26.2. The first-order chi connectivity index (χ1) is 50.3. The van der Waals surface area contributed by atoms with Gasteiger partial charge in [-0.3, -0.25) is 28.8 Å². The van der Waals surface area contributed by atoms with Crippen molar-refractivity contribution in [3.8, 4) is 0 Å². The van der Waals surface area contributed by atoms with Crippen LogP contribution in [0.5, 0.6) is 0 Å². The molecule has 12 aliphatic carbocycles. The molecule has 10 bridgehead atoms. The molecule has 0 amide bonds. The molecule has 18 unspecified atom stereocenters. The molecule has 0 saturated heterocycles. The van der Waals surface area contributed by atoms with Gasteiger partial charge in [0.05, 0.1) is 32.5 Å². The molecule has 0 N–H and O–H groups in total. The van der Waals surface area contributed by atoms with Crippen molar-refractivity contribution in [2.45, 2.75) is 461 Å². The van der Waals surface area contributed by atoms with E-state index in [4.69, 9.17) is 28.4 Å². The first-order valence-electron chi connectivity index (χ1n) is 45.7. The fourth-order valence-electron chi connectivity index (χ4n) is 23.6. The fourth-order valence-corrected chi connectivity index (χ4v) is 23.6. The van der Waals surface area contributed by atoms with Crippen molar-refractivity contribution in [1.29, 1.82) is 0 Å². The van der Waals surface area contributed by atoms with Crippen molar-refractivity contribution >= 4 is 35.8 Å². The van der Waals surface area contributed by atoms with Gasteiger partial charge >= 0.3 is 35.8 Å². The fraction of sp³-hybridized carbons (Fsp3) is 0.939. The highest BCUT2D eigenvalue weighted by Crippen LogP contribution is 2.77. The molecule has 12 rings (SSSR count). The van der Waals surface area contributed by atoms with Gasteiger partial charge in [0.1, 0.15) is 33.6 Å². The van der Waals surface area contributed by atoms with Crippen molar-refractivity contribution in [3.63, 3.8) is 0 Å². The largest absolute Gasteiger partial charge is 0.459 e. The summed E-state index contributed by atoms with van der Waals surface area (Å²) in [5.74, 6) is 7.66. The summed E-state index contributed by atoms with van der Waals surface area (Å²) >= 11 is 0. The number of carbonyl (C=O) groups excluding carboxylic acids is 6. The van der Waals surface area contributed by atoms with Crippen LogP contribution in [0.25, 0.3) is 0 Å². The van der Waals surface area contributed by atoms with E-state index in [1.165, 1.54) is 116 Å². The highest BCUT2D eigenvalue weighted by Gasteiger charge is 2.77. The second kappa shape index (κ2) is 33.3. The van der Waals surface area contributed by atoms with Gasteiger partial charge in [-0.05, 0) is 355 Å². The summed E-state index contributed by atoms with van der Waals surface area (Å²) in [7, 11) is 0. The number of carbonyl (C=O) groups is 6. The summed E-state index contributed by atoms with van der Waals surface area (Å²) in [6, 6.07) is 0. The SMILES string of the molecule is CCC(C)(C)C(=O)OC1(C(C)C)CC2CCC1C2.CCC(C)(C)C(=O)OC1(C)C(C)(C)C2CCC1(C)C2(C)C.CCC(C)(C)C(=O)OC1(C)C2(C)CCC(C2)C1(C)C.CCC(C)(C)C(=O)OC1(C)CC2CCC1C2.CCC(C)(C)C(=O)OC1(C)CCC2CCCCC2C1.CCC(C)(C)C(=O)OC1(CC)CC2CCC1C2. The Bertz CT molecular complexity index is 3190. The number of hydrogen-bond donors (Lipinski definition) is 0. The molecular weight excluding hydrogens is 1370 g/mol. The molecule has 0 aromatic rings. The Hall–Kier alpha value is -3.18. The molecule has 636 valence electrons. The Morgan fingerprint density at radius 3 is 1.13 bits per heavy atom. The van der Waals surface area contributed by atoms with E-state index in [9.17, 15) is 28.8 Å². The van der Waals surface area contributed by atoms with Crippen LogP contribution in [0.15, 0.2) is 0 Å². The molecule has 0 spiro atoms. The molecule has 0 heterocycles. The molecule has 0 aromatic carbocycles. The monoisotopic (exact) mass is 1540 g/mol. The van der Waals surface area contributed by atoms with E-state index >= 15 is 0 Å². The lowest BCUT2D eigenvalue weighted by Crippen LogP contribution is -2.56. The molecule has 110 heavy (non-hydrogen) atoms. The Balaban J connectivity index is 0.000000184. The Labute approximate surface area is 675 Å². The van der Waals surface area contributed by atoms with Crippen LogP contribution < -0.4 is 0 Å². The van der Waals surface area contributed by atoms with Crippen LogP contribution in [-0.2, 0) is 57.2 Å². The zero-order valence-corrected chi connectivity index (χ0v) is 77.7. The molecule has 0 aromatic heterocycles. The third-order valence-corrected chi connectivity index (χ3v) is 36.2. The molecule has 18 atom stereocenters. The average molecular weight is 1540 g/mol. The second-order valence-corrected chi connectivity index (χ2v) is 46.0. The maximum atomic E-state index is 12.8. The van der Waals surface area contributed by atoms with Crippen molar-refractivity contribution in [3.05, 3.63) is 0 Å². The smallest absolute Gasteiger partial charge is 0.312 e. The standard InChI is InChI=1S/C19H34O2.2C17H30O2.C16H28O2.C15H26O2.C14H24O2/c1-10-15(2,3)14(20)21-19(9)17(6,7)13-11-12-18(19,8)16(13,4)5;1-8-14(2,3)13(18)19-17(7)15(4,5)12-9-10-16(17,6)11-12;1-5-16(2,3)15(18)19-17(4)11-10-13-8-6-7-9-14(13)12-17;1-6-15(4,5)14(17)18-16(11(2)3)10-12-7-8-13(16)9-12;1-5-14(3,4)13(16)17-15(6-2)10-11-7-8-12(15)9-11;1-5-13(2,3)12(15)16-14(4)9-10-6-7-11(14)8-10/h13H,10-12H2,1-9H3;12H,8-11H2,1-7H3;13-14H,5-12H2,1-4H3;11-13H,6-10H2,1-5H3;11-12H,5-10H2,1-4H3;10-11H,5-9H2,1-4H3. The highest BCUT2D eigenvalue weighted by atomic mass is 16.6. The molecule has 12 nitrogen and oxygen atoms in total. The van der Waals surface area contributed by atoms with E-state index in [1.54, 1.807) is 0 Å². The summed E-state index contributed by atoms with van der Waals surface area (Å²) in [4.78, 5) is 74.4. The summed E-state index contributed by atoms with van der Waals surface area (Å²) < 4.78 is 36.4. The molecule has 0 aliphatic heterocycles. The minimum Gasteiger partial charge on any atom is -0.459 e. The van der Waals surface area contributed by atoms with Crippen molar-refractivity contribution in [2.75, 3.05) is 0 Å². The topological polar surface area (TPSA) is 158 Å². The molecule has 12 saturated carbocycles. The highest BCUT2D eigenvalue weighted by molar-refractivity contribution is 5.79. The average Bonchev–Trinajstić information content (AvgIpc) is 1.50. The minimum atomic E-state index is -0.401. The van der Waals surface area contributed by atoms with Crippen molar-refractivity contribution in [2.24, 2.45) is 125 Å². The van der Waals surface area contributed by atoms with Gasteiger partial charge in [0, 0.05) is 21.7 Å². The van der Waals surface area contributed by atoms with E-state index in [-0.39, 0.29) is 118 Å². The summed E-state index contributed by atoms with van der Waals surface area (Å²) in [6.07, 6.45) is 35.9. The Morgan fingerprint density at radius 1 is 0.345 bits per heavy atom. The van der Waals surface area contributed by atoms with E-state index < -0.39 is 11.0 Å². The Morgan fingerprint density at radius 2 is 0.755 bits per heavy atom. The van der Waals surface area contributed by atoms with Gasteiger partial charge in [-0.2, -0.15) is 0 Å². The van der Waals surface area contributed by atoms with Gasteiger partial charge in [-0.25, -0.2) is 0 Å². The van der Waals surface area contributed by atoms with Crippen LogP contribution in [0.3, 0.4) is 0 Å². The molecule has 12 aliphatic rings. The first-order valence-corrected chi connectivity index (χ1v) is 45.7. The molecule has 0 radical (unpaired) electrons. The molecular formula is C98H172O12. The van der Waals surface area contributed by atoms with Crippen LogP contribution in [0.4, 0.5) is 0 Å². The van der Waals surface area contributed by atoms with E-state index in [2.05, 4.69) is 138 Å². The third kappa shape index (κ3) is 17.8. The van der Waals surface area contributed by atoms with Crippen LogP contribution >= 0.6 is 0 Å². The lowest BCUT2D eigenvalue weighted by Gasteiger charge is -2.52. The second-order valence-electron chi connectivity index (χ2n) is 46.0. The minimum absolute atomic E-state index is 0.00579. The zero-order valence-electron chi connectivity index (χ0n) is 77.7. The van der Waals surface area contributed by atoms with E-state index in [0.717, 1.165) is 113 Å². The number of hydrogen-bond acceptors (Lipinski definition) is 12. The molecule has 12 heteroatoms. The number of rotatable bonds is 20. The van der Waals surface area contributed by atoms with Crippen molar-refractivity contribution < 1.29 is 57.2 Å². The lowest BCUT2D eigenvalue weighted by atomic mass is 9.60. The number of esters is 6. The number of ether oxygens (including phenoxy) is 6. The van der Waals surface area contributed by atoms with E-state index in [0.29, 0.717) is 35.5 Å². The summed E-state index contributed by atoms with van der Waals surface area (Å²) in [5, 5.41) is 0. The van der Waals surface area contributed by atoms with Crippen LogP contribution in [-0.4, -0.2) is 69.4 Å². The lowest BCUT2D eigenvalue weighted by molar-refractivity contribution is -0.205. The van der Waals surface area contributed by atoms with Crippen LogP contribution in [0.2, 0.25) is 0 Å². The summed E-state index contributed by atoms with van der Waals surface area (Å²) in [6.45, 7) is 70.0. The van der Waals surface area contributed by atoms with Gasteiger partial charge < -0.3 is 28.4 Å². The quantitative estimate of drug-likeness (QED) is 0.0840. The Kier molecular flexibility index (Phi) is 28.5. The zero-order chi connectivity index (χ0) is 83.5. The van der Waals surface area contributed by atoms with Crippen LogP contribution in [0, 0.1) is 125 Å². The van der Waals surface area contributed by atoms with E-state index in [1.807, 2.05) is 90.0 Å². The van der Waals surface area contributed by atoms with Gasteiger partial charge in [0.15, 0.2) is 0 Å². The van der Waals surface area contributed by atoms with Gasteiger partial charge in [-0.1, -0.05) is 143 Å². The van der Waals surface area contributed by atoms with Crippen LogP contribution in [0.1, 0.15) is 428 Å². The number of fused-ring (bicyclic) bond motifs is 11. The maximum absolute atomic E-state index is 12.8. The molecule has 12 fully saturated rings. The van der Waals surface area contributed by atoms with Gasteiger partial charge in [-0.15, -0.1) is 0 Å².